The quantitative estimate of drug-likeness (QED) is 0.892. The van der Waals surface area contributed by atoms with E-state index in [1.807, 2.05) is 6.92 Å². The van der Waals surface area contributed by atoms with E-state index >= 15 is 0 Å². The van der Waals surface area contributed by atoms with Gasteiger partial charge in [-0.05, 0) is 50.5 Å². The van der Waals surface area contributed by atoms with Crippen LogP contribution in [0.4, 0.5) is 0 Å². The molecule has 0 aromatic heterocycles. The second-order valence-corrected chi connectivity index (χ2v) is 8.10. The van der Waals surface area contributed by atoms with Gasteiger partial charge in [0.15, 0.2) is 0 Å². The Kier molecular flexibility index (Phi) is 4.07. The maximum absolute atomic E-state index is 12.5. The molecule has 6 heteroatoms. The average Bonchev–Trinajstić information content (AvgIpc) is 2.32. The van der Waals surface area contributed by atoms with Gasteiger partial charge in [-0.2, -0.15) is 4.31 Å². The van der Waals surface area contributed by atoms with E-state index in [1.54, 1.807) is 25.1 Å². The summed E-state index contributed by atoms with van der Waals surface area (Å²) in [6.07, 6.45) is 0.948. The average molecular weight is 348 g/mol. The fourth-order valence-corrected chi connectivity index (χ4v) is 3.91. The molecular weight excluding hydrogens is 330 g/mol. The van der Waals surface area contributed by atoms with Gasteiger partial charge < -0.3 is 5.11 Å². The molecular formula is C13H18BrNO3S. The third-order valence-electron chi connectivity index (χ3n) is 3.57. The second-order valence-electron chi connectivity index (χ2n) is 5.31. The minimum atomic E-state index is -3.45. The largest absolute Gasteiger partial charge is 0.390 e. The molecule has 0 amide bonds. The van der Waals surface area contributed by atoms with Crippen LogP contribution in [0.1, 0.15) is 25.3 Å². The first kappa shape index (κ1) is 15.0. The molecule has 0 aliphatic carbocycles. The second kappa shape index (κ2) is 5.16. The van der Waals surface area contributed by atoms with Crippen molar-refractivity contribution in [2.75, 3.05) is 13.1 Å². The van der Waals surface area contributed by atoms with Crippen molar-refractivity contribution in [3.05, 3.63) is 28.2 Å². The van der Waals surface area contributed by atoms with Crippen molar-refractivity contribution in [3.63, 3.8) is 0 Å². The molecule has 19 heavy (non-hydrogen) atoms. The number of aryl methyl sites for hydroxylation is 1. The van der Waals surface area contributed by atoms with Gasteiger partial charge in [0.2, 0.25) is 10.0 Å². The van der Waals surface area contributed by atoms with Gasteiger partial charge in [-0.25, -0.2) is 8.42 Å². The minimum Gasteiger partial charge on any atom is -0.390 e. The fraction of sp³-hybridized carbons (Fsp3) is 0.538. The number of hydrogen-bond acceptors (Lipinski definition) is 3. The first-order valence-electron chi connectivity index (χ1n) is 6.21. The summed E-state index contributed by atoms with van der Waals surface area (Å²) in [5.41, 5.74) is 0.145. The van der Waals surface area contributed by atoms with Crippen LogP contribution < -0.4 is 0 Å². The lowest BCUT2D eigenvalue weighted by molar-refractivity contribution is 0.0126. The molecule has 0 atom stereocenters. The van der Waals surface area contributed by atoms with Crippen LogP contribution >= 0.6 is 15.9 Å². The highest BCUT2D eigenvalue weighted by Crippen LogP contribution is 2.27. The number of halogens is 1. The van der Waals surface area contributed by atoms with E-state index in [9.17, 15) is 13.5 Å². The summed E-state index contributed by atoms with van der Waals surface area (Å²) >= 11 is 3.37. The highest BCUT2D eigenvalue weighted by molar-refractivity contribution is 9.10. The SMILES string of the molecule is Cc1cc(S(=O)(=O)N2CCC(C)(O)CC2)ccc1Br. The van der Waals surface area contributed by atoms with Crippen LogP contribution in [0.25, 0.3) is 0 Å². The number of benzene rings is 1. The standard InChI is InChI=1S/C13H18BrNO3S/c1-10-9-11(3-4-12(10)14)19(17,18)15-7-5-13(2,16)6-8-15/h3-4,9,16H,5-8H2,1-2H3. The predicted molar refractivity (Wildman–Crippen MR) is 77.5 cm³/mol. The van der Waals surface area contributed by atoms with Crippen molar-refractivity contribution >= 4 is 26.0 Å². The summed E-state index contributed by atoms with van der Waals surface area (Å²) in [7, 11) is -3.45. The smallest absolute Gasteiger partial charge is 0.243 e. The topological polar surface area (TPSA) is 57.6 Å². The highest BCUT2D eigenvalue weighted by Gasteiger charge is 2.33. The van der Waals surface area contributed by atoms with Gasteiger partial charge in [-0.1, -0.05) is 15.9 Å². The molecule has 0 bridgehead atoms. The molecule has 1 saturated heterocycles. The zero-order valence-electron chi connectivity index (χ0n) is 11.1. The molecule has 1 heterocycles. The number of nitrogens with zero attached hydrogens (tertiary/aromatic N) is 1. The summed E-state index contributed by atoms with van der Waals surface area (Å²) in [6.45, 7) is 4.35. The Morgan fingerprint density at radius 3 is 2.42 bits per heavy atom. The zero-order valence-corrected chi connectivity index (χ0v) is 13.5. The minimum absolute atomic E-state index is 0.315. The summed E-state index contributed by atoms with van der Waals surface area (Å²) in [5, 5.41) is 9.88. The van der Waals surface area contributed by atoms with Crippen LogP contribution in [-0.2, 0) is 10.0 Å². The van der Waals surface area contributed by atoms with E-state index in [0.29, 0.717) is 30.8 Å². The van der Waals surface area contributed by atoms with Gasteiger partial charge in [0, 0.05) is 17.6 Å². The first-order valence-corrected chi connectivity index (χ1v) is 8.44. The Bertz CT molecular complexity index is 574. The van der Waals surface area contributed by atoms with Crippen molar-refractivity contribution in [1.29, 1.82) is 0 Å². The van der Waals surface area contributed by atoms with E-state index in [2.05, 4.69) is 15.9 Å². The van der Waals surface area contributed by atoms with Gasteiger partial charge in [0.25, 0.3) is 0 Å². The van der Waals surface area contributed by atoms with Crippen LogP contribution in [-0.4, -0.2) is 36.5 Å². The van der Waals surface area contributed by atoms with Crippen LogP contribution in [0, 0.1) is 6.92 Å². The fourth-order valence-electron chi connectivity index (χ4n) is 2.13. The number of hydrogen-bond donors (Lipinski definition) is 1. The first-order chi connectivity index (χ1) is 8.72. The molecule has 0 spiro atoms. The maximum atomic E-state index is 12.5. The van der Waals surface area contributed by atoms with E-state index < -0.39 is 15.6 Å². The molecule has 1 aliphatic rings. The summed E-state index contributed by atoms with van der Waals surface area (Å²) in [4.78, 5) is 0.315. The number of aliphatic hydroxyl groups is 1. The monoisotopic (exact) mass is 347 g/mol. The third-order valence-corrected chi connectivity index (χ3v) is 6.35. The maximum Gasteiger partial charge on any atom is 0.243 e. The summed E-state index contributed by atoms with van der Waals surface area (Å²) in [5.74, 6) is 0. The van der Waals surface area contributed by atoms with Gasteiger partial charge in [-0.15, -0.1) is 0 Å². The van der Waals surface area contributed by atoms with Crippen LogP contribution in [0.3, 0.4) is 0 Å². The number of sulfonamides is 1. The van der Waals surface area contributed by atoms with Gasteiger partial charge in [0.05, 0.1) is 10.5 Å². The van der Waals surface area contributed by atoms with Crippen LogP contribution in [0.5, 0.6) is 0 Å². The molecule has 0 unspecified atom stereocenters. The molecule has 1 aromatic carbocycles. The predicted octanol–water partition coefficient (Wildman–Crippen LogP) is 2.29. The Morgan fingerprint density at radius 1 is 1.32 bits per heavy atom. The molecule has 1 fully saturated rings. The Balaban J connectivity index is 2.25. The summed E-state index contributed by atoms with van der Waals surface area (Å²) < 4.78 is 27.3. The molecule has 1 aromatic rings. The molecule has 0 radical (unpaired) electrons. The molecule has 1 aliphatic heterocycles. The molecule has 2 rings (SSSR count). The Morgan fingerprint density at radius 2 is 1.89 bits per heavy atom. The van der Waals surface area contributed by atoms with Crippen molar-refractivity contribution in [3.8, 4) is 0 Å². The van der Waals surface area contributed by atoms with Crippen molar-refractivity contribution in [1.82, 2.24) is 4.31 Å². The highest BCUT2D eigenvalue weighted by atomic mass is 79.9. The van der Waals surface area contributed by atoms with Crippen molar-refractivity contribution < 1.29 is 13.5 Å². The molecule has 106 valence electrons. The van der Waals surface area contributed by atoms with Crippen LogP contribution in [0.15, 0.2) is 27.6 Å². The molecule has 0 saturated carbocycles. The molecule has 1 N–H and O–H groups in total. The van der Waals surface area contributed by atoms with Gasteiger partial charge >= 0.3 is 0 Å². The lowest BCUT2D eigenvalue weighted by Gasteiger charge is -2.35. The lowest BCUT2D eigenvalue weighted by Crippen LogP contribution is -2.45. The zero-order chi connectivity index (χ0) is 14.3. The normalized spacial score (nSPS) is 20.4. The van der Waals surface area contributed by atoms with Gasteiger partial charge in [-0.3, -0.25) is 0 Å². The van der Waals surface area contributed by atoms with Crippen LogP contribution in [0.2, 0.25) is 0 Å². The van der Waals surface area contributed by atoms with Crippen molar-refractivity contribution in [2.24, 2.45) is 0 Å². The van der Waals surface area contributed by atoms with E-state index in [1.165, 1.54) is 4.31 Å². The lowest BCUT2D eigenvalue weighted by atomic mass is 9.95. The number of rotatable bonds is 2. The Hall–Kier alpha value is -0.430. The third kappa shape index (κ3) is 3.18. The van der Waals surface area contributed by atoms with Crippen molar-refractivity contribution in [2.45, 2.75) is 37.2 Å². The van der Waals surface area contributed by atoms with E-state index in [4.69, 9.17) is 0 Å². The van der Waals surface area contributed by atoms with Gasteiger partial charge in [0.1, 0.15) is 0 Å². The van der Waals surface area contributed by atoms with E-state index in [-0.39, 0.29) is 0 Å². The number of piperidine rings is 1. The van der Waals surface area contributed by atoms with E-state index in [0.717, 1.165) is 10.0 Å². The summed E-state index contributed by atoms with van der Waals surface area (Å²) in [6, 6.07) is 5.04. The molecule has 4 nitrogen and oxygen atoms in total. The Labute approximate surface area is 122 Å².